The van der Waals surface area contributed by atoms with Gasteiger partial charge in [0.15, 0.2) is 10.8 Å². The van der Waals surface area contributed by atoms with Crippen molar-refractivity contribution < 1.29 is 18.0 Å². The molecule has 0 atom stereocenters. The maximum atomic E-state index is 11.9. The van der Waals surface area contributed by atoms with Gasteiger partial charge in [-0.2, -0.15) is 13.2 Å². The van der Waals surface area contributed by atoms with Gasteiger partial charge in [-0.05, 0) is 24.3 Å². The molecule has 0 radical (unpaired) electrons. The molecule has 1 rings (SSSR count). The quantitative estimate of drug-likeness (QED) is 0.632. The van der Waals surface area contributed by atoms with Gasteiger partial charge in [-0.25, -0.2) is 0 Å². The third kappa shape index (κ3) is 4.75. The first kappa shape index (κ1) is 13.9. The fourth-order valence-electron chi connectivity index (χ4n) is 1.16. The summed E-state index contributed by atoms with van der Waals surface area (Å²) in [6.07, 6.45) is -5.35. The highest BCUT2D eigenvalue weighted by molar-refractivity contribution is 5.94. The van der Waals surface area contributed by atoms with Crippen molar-refractivity contribution in [1.82, 2.24) is 10.2 Å². The van der Waals surface area contributed by atoms with Crippen molar-refractivity contribution in [3.8, 4) is 0 Å². The molecule has 0 aliphatic carbocycles. The average molecular weight is 259 g/mol. The molecular weight excluding hydrogens is 249 g/mol. The lowest BCUT2D eigenvalue weighted by atomic mass is 10.2. The van der Waals surface area contributed by atoms with E-state index < -0.39 is 25.0 Å². The summed E-state index contributed by atoms with van der Waals surface area (Å²) in [6.45, 7) is -0.462. The third-order valence-corrected chi connectivity index (χ3v) is 1.99. The highest BCUT2D eigenvalue weighted by atomic mass is 19.4. The number of amides is 1. The topological polar surface area (TPSA) is 79.4 Å². The second-order valence-electron chi connectivity index (χ2n) is 3.37. The molecule has 0 aliphatic rings. The van der Waals surface area contributed by atoms with Gasteiger partial charge >= 0.3 is 6.18 Å². The van der Waals surface area contributed by atoms with E-state index in [1.807, 2.05) is 0 Å². The summed E-state index contributed by atoms with van der Waals surface area (Å²) in [4.78, 5) is 14.2. The normalized spacial score (nSPS) is 10.6. The van der Waals surface area contributed by atoms with Crippen LogP contribution >= 0.6 is 0 Å². The molecule has 0 saturated carbocycles. The van der Waals surface area contributed by atoms with Crippen molar-refractivity contribution >= 4 is 11.6 Å². The predicted molar refractivity (Wildman–Crippen MR) is 56.4 cm³/mol. The summed E-state index contributed by atoms with van der Waals surface area (Å²) in [7, 11) is 0. The molecule has 8 heteroatoms. The average Bonchev–Trinajstić information content (AvgIpc) is 2.28. The van der Waals surface area contributed by atoms with Gasteiger partial charge in [0.05, 0.1) is 6.42 Å². The number of rotatable bonds is 4. The number of benzene rings is 1. The van der Waals surface area contributed by atoms with Gasteiger partial charge in [0.2, 0.25) is 4.91 Å². The first-order valence-corrected chi connectivity index (χ1v) is 4.95. The van der Waals surface area contributed by atoms with Crippen molar-refractivity contribution in [3.63, 3.8) is 0 Å². The fourth-order valence-corrected chi connectivity index (χ4v) is 1.16. The van der Waals surface area contributed by atoms with Crippen LogP contribution in [-0.4, -0.2) is 18.6 Å². The summed E-state index contributed by atoms with van der Waals surface area (Å²) in [5, 5.41) is 5.57. The molecule has 0 unspecified atom stereocenters. The van der Waals surface area contributed by atoms with E-state index in [4.69, 9.17) is 5.53 Å². The van der Waals surface area contributed by atoms with Gasteiger partial charge in [-0.3, -0.25) is 4.79 Å². The van der Waals surface area contributed by atoms with Crippen LogP contribution in [0.3, 0.4) is 0 Å². The molecule has 0 aliphatic heterocycles. The lowest BCUT2D eigenvalue weighted by Crippen LogP contribution is -2.27. The fraction of sp³-hybridized carbons (Fsp3) is 0.300. The smallest absolute Gasteiger partial charge is 0.352 e. The van der Waals surface area contributed by atoms with E-state index in [0.717, 1.165) is 0 Å². The molecule has 0 bridgehead atoms. The van der Waals surface area contributed by atoms with Crippen LogP contribution in [-0.2, 0) is 0 Å². The Morgan fingerprint density at radius 2 is 1.94 bits per heavy atom. The zero-order valence-corrected chi connectivity index (χ0v) is 9.16. The van der Waals surface area contributed by atoms with Crippen molar-refractivity contribution in [3.05, 3.63) is 29.8 Å². The van der Waals surface area contributed by atoms with Gasteiger partial charge in [0.1, 0.15) is 5.53 Å². The van der Waals surface area contributed by atoms with Gasteiger partial charge in [-0.1, -0.05) is 0 Å². The third-order valence-electron chi connectivity index (χ3n) is 1.99. The SMILES string of the molecule is N=[N+]=Nc1ccc(C(=O)NCCC(F)(F)F)cc1. The number of nitrogens with one attached hydrogen (secondary N) is 2. The number of alkyl halides is 3. The second-order valence-corrected chi connectivity index (χ2v) is 3.37. The monoisotopic (exact) mass is 259 g/mol. The van der Waals surface area contributed by atoms with Crippen molar-refractivity contribution in [2.75, 3.05) is 6.54 Å². The minimum Gasteiger partial charge on any atom is -0.352 e. The second kappa shape index (κ2) is 5.92. The first-order chi connectivity index (χ1) is 8.42. The Morgan fingerprint density at radius 3 is 2.44 bits per heavy atom. The number of carbonyl (C=O) groups excluding carboxylic acids is 1. The maximum absolute atomic E-state index is 11.9. The maximum Gasteiger partial charge on any atom is 0.390 e. The van der Waals surface area contributed by atoms with E-state index in [-0.39, 0.29) is 5.56 Å². The molecule has 0 fully saturated rings. The molecule has 1 aromatic carbocycles. The Morgan fingerprint density at radius 1 is 1.33 bits per heavy atom. The molecule has 0 saturated heterocycles. The summed E-state index contributed by atoms with van der Waals surface area (Å²) in [5.74, 6) is -0.589. The first-order valence-electron chi connectivity index (χ1n) is 4.95. The largest absolute Gasteiger partial charge is 0.390 e. The van der Waals surface area contributed by atoms with Crippen molar-refractivity contribution in [2.45, 2.75) is 12.6 Å². The number of carbonyl (C=O) groups is 1. The molecule has 1 aromatic rings. The molecule has 0 heterocycles. The van der Waals surface area contributed by atoms with Crippen LogP contribution in [0.2, 0.25) is 0 Å². The van der Waals surface area contributed by atoms with Crippen LogP contribution in [0.5, 0.6) is 0 Å². The van der Waals surface area contributed by atoms with E-state index in [2.05, 4.69) is 15.3 Å². The minimum absolute atomic E-state index is 0.223. The minimum atomic E-state index is -4.29. The summed E-state index contributed by atoms with van der Waals surface area (Å²) >= 11 is 0. The standard InChI is InChI=1S/C10H9F3N4O/c11-10(12,13)5-6-15-9(18)7-1-3-8(4-2-7)16-17-14/h1-4,14H,5-6H2/p+1. The van der Waals surface area contributed by atoms with E-state index in [1.165, 1.54) is 24.3 Å². The number of hydrogen-bond acceptors (Lipinski definition) is 3. The zero-order valence-electron chi connectivity index (χ0n) is 9.16. The molecule has 18 heavy (non-hydrogen) atoms. The van der Waals surface area contributed by atoms with Crippen LogP contribution in [0.15, 0.2) is 29.4 Å². The lowest BCUT2D eigenvalue weighted by molar-refractivity contribution is -0.132. The highest BCUT2D eigenvalue weighted by Gasteiger charge is 2.26. The molecule has 0 aromatic heterocycles. The van der Waals surface area contributed by atoms with Gasteiger partial charge in [-0.15, -0.1) is 0 Å². The summed E-state index contributed by atoms with van der Waals surface area (Å²) < 4.78 is 35.6. The lowest BCUT2D eigenvalue weighted by Gasteiger charge is -2.07. The Labute approximate surface area is 100 Å². The van der Waals surface area contributed by atoms with Gasteiger partial charge in [0, 0.05) is 12.1 Å². The Bertz CT molecular complexity index is 463. The Hall–Kier alpha value is -2.21. The van der Waals surface area contributed by atoms with Gasteiger partial charge in [0.25, 0.3) is 5.91 Å². The van der Waals surface area contributed by atoms with E-state index in [0.29, 0.717) is 5.69 Å². The van der Waals surface area contributed by atoms with E-state index in [9.17, 15) is 18.0 Å². The number of hydrogen-bond donors (Lipinski definition) is 2. The Kier molecular flexibility index (Phi) is 4.56. The predicted octanol–water partition coefficient (Wildman–Crippen LogP) is 2.55. The molecule has 5 nitrogen and oxygen atoms in total. The molecule has 96 valence electrons. The van der Waals surface area contributed by atoms with Gasteiger partial charge < -0.3 is 5.32 Å². The number of nitrogens with zero attached hydrogens (tertiary/aromatic N) is 2. The molecule has 0 spiro atoms. The number of halogens is 3. The van der Waals surface area contributed by atoms with E-state index in [1.54, 1.807) is 0 Å². The molecule has 1 amide bonds. The molecular formula is C10H10F3N4O+. The molecule has 2 N–H and O–H groups in total. The van der Waals surface area contributed by atoms with Crippen LogP contribution in [0, 0.1) is 5.53 Å². The van der Waals surface area contributed by atoms with Crippen LogP contribution in [0.1, 0.15) is 16.8 Å². The summed E-state index contributed by atoms with van der Waals surface area (Å²) in [6, 6.07) is 5.67. The van der Waals surface area contributed by atoms with Crippen LogP contribution < -0.4 is 10.2 Å². The zero-order chi connectivity index (χ0) is 13.6. The van der Waals surface area contributed by atoms with Crippen LogP contribution in [0.4, 0.5) is 18.9 Å². The Balaban J connectivity index is 2.54. The van der Waals surface area contributed by atoms with Crippen molar-refractivity contribution in [1.29, 1.82) is 5.53 Å². The van der Waals surface area contributed by atoms with Crippen LogP contribution in [0.25, 0.3) is 0 Å². The summed E-state index contributed by atoms with van der Waals surface area (Å²) in [5.41, 5.74) is 7.11. The highest BCUT2D eigenvalue weighted by Crippen LogP contribution is 2.18. The van der Waals surface area contributed by atoms with Crippen molar-refractivity contribution in [2.24, 2.45) is 5.11 Å². The van der Waals surface area contributed by atoms with E-state index >= 15 is 0 Å².